The van der Waals surface area contributed by atoms with Gasteiger partial charge in [-0.2, -0.15) is 0 Å². The van der Waals surface area contributed by atoms with E-state index in [1.54, 1.807) is 14.2 Å². The Hall–Kier alpha value is -1.36. The quantitative estimate of drug-likeness (QED) is 0.817. The molecule has 1 aromatic rings. The molecule has 0 saturated heterocycles. The summed E-state index contributed by atoms with van der Waals surface area (Å²) < 4.78 is 10.4. The molecule has 5 nitrogen and oxygen atoms in total. The maximum atomic E-state index is 5.21. The van der Waals surface area contributed by atoms with Crippen LogP contribution in [0.1, 0.15) is 26.3 Å². The molecule has 0 fully saturated rings. The van der Waals surface area contributed by atoms with Crippen LogP contribution in [-0.4, -0.2) is 30.2 Å². The number of hydrogen-bond donors (Lipinski definition) is 1. The van der Waals surface area contributed by atoms with Gasteiger partial charge < -0.3 is 14.8 Å². The minimum absolute atomic E-state index is 0.407. The topological polar surface area (TPSA) is 56.3 Å². The number of rotatable bonds is 6. The van der Waals surface area contributed by atoms with Crippen LogP contribution in [0.25, 0.3) is 0 Å². The van der Waals surface area contributed by atoms with E-state index in [0.717, 1.165) is 5.56 Å². The largest absolute Gasteiger partial charge is 0.481 e. The Morgan fingerprint density at radius 2 is 1.65 bits per heavy atom. The molecule has 0 saturated carbocycles. The fraction of sp³-hybridized carbons (Fsp3) is 0.667. The van der Waals surface area contributed by atoms with Crippen LogP contribution in [0.3, 0.4) is 0 Å². The number of nitrogens with one attached hydrogen (secondary N) is 1. The SMILES string of the molecule is COc1ncnc(OC)c1CNC(C)C(C)C. The van der Waals surface area contributed by atoms with Crippen molar-refractivity contribution in [1.29, 1.82) is 0 Å². The number of aromatic nitrogens is 2. The first kappa shape index (κ1) is 13.7. The lowest BCUT2D eigenvalue weighted by molar-refractivity contribution is 0.351. The average Bonchev–Trinajstić information content (AvgIpc) is 2.34. The first-order valence-electron chi connectivity index (χ1n) is 5.75. The Labute approximate surface area is 103 Å². The zero-order valence-electron chi connectivity index (χ0n) is 11.2. The second kappa shape index (κ2) is 6.39. The number of ether oxygens (including phenoxy) is 2. The van der Waals surface area contributed by atoms with E-state index in [-0.39, 0.29) is 0 Å². The van der Waals surface area contributed by atoms with Crippen LogP contribution < -0.4 is 14.8 Å². The van der Waals surface area contributed by atoms with Crippen molar-refractivity contribution in [3.63, 3.8) is 0 Å². The van der Waals surface area contributed by atoms with Gasteiger partial charge in [-0.1, -0.05) is 13.8 Å². The van der Waals surface area contributed by atoms with Gasteiger partial charge in [-0.05, 0) is 12.8 Å². The molecule has 1 heterocycles. The highest BCUT2D eigenvalue weighted by molar-refractivity contribution is 5.34. The summed E-state index contributed by atoms with van der Waals surface area (Å²) in [6.45, 7) is 7.13. The van der Waals surface area contributed by atoms with Crippen molar-refractivity contribution in [2.45, 2.75) is 33.4 Å². The molecule has 1 atom stereocenters. The van der Waals surface area contributed by atoms with Gasteiger partial charge in [0.15, 0.2) is 0 Å². The zero-order valence-corrected chi connectivity index (χ0v) is 11.2. The predicted octanol–water partition coefficient (Wildman–Crippen LogP) is 1.63. The molecule has 0 radical (unpaired) electrons. The maximum Gasteiger partial charge on any atom is 0.224 e. The lowest BCUT2D eigenvalue weighted by Crippen LogP contribution is -2.30. The fourth-order valence-corrected chi connectivity index (χ4v) is 1.38. The third-order valence-electron chi connectivity index (χ3n) is 2.85. The molecule has 1 unspecified atom stereocenters. The van der Waals surface area contributed by atoms with Crippen LogP contribution in [0.5, 0.6) is 11.8 Å². The first-order chi connectivity index (χ1) is 8.10. The number of nitrogens with zero attached hydrogens (tertiary/aromatic N) is 2. The van der Waals surface area contributed by atoms with Crippen molar-refractivity contribution in [1.82, 2.24) is 15.3 Å². The van der Waals surface area contributed by atoms with Gasteiger partial charge in [0, 0.05) is 12.6 Å². The molecule has 0 amide bonds. The molecule has 0 aliphatic heterocycles. The minimum Gasteiger partial charge on any atom is -0.481 e. The van der Waals surface area contributed by atoms with Gasteiger partial charge in [0.25, 0.3) is 0 Å². The molecule has 1 aromatic heterocycles. The third kappa shape index (κ3) is 3.56. The summed E-state index contributed by atoms with van der Waals surface area (Å²) in [6.07, 6.45) is 1.44. The Morgan fingerprint density at radius 1 is 1.12 bits per heavy atom. The van der Waals surface area contributed by atoms with E-state index < -0.39 is 0 Å². The molecule has 1 N–H and O–H groups in total. The molecule has 17 heavy (non-hydrogen) atoms. The Balaban J connectivity index is 2.81. The molecule has 0 aliphatic carbocycles. The highest BCUT2D eigenvalue weighted by Crippen LogP contribution is 2.23. The van der Waals surface area contributed by atoms with Gasteiger partial charge in [0.05, 0.1) is 19.8 Å². The van der Waals surface area contributed by atoms with Gasteiger partial charge in [-0.3, -0.25) is 0 Å². The molecule has 96 valence electrons. The van der Waals surface area contributed by atoms with Crippen molar-refractivity contribution < 1.29 is 9.47 Å². The minimum atomic E-state index is 0.407. The smallest absolute Gasteiger partial charge is 0.224 e. The standard InChI is InChI=1S/C12H21N3O2/c1-8(2)9(3)13-6-10-11(16-4)14-7-15-12(10)17-5/h7-9,13H,6H2,1-5H3. The number of hydrogen-bond acceptors (Lipinski definition) is 5. The molecular weight excluding hydrogens is 218 g/mol. The van der Waals surface area contributed by atoms with Crippen LogP contribution in [0.4, 0.5) is 0 Å². The molecule has 5 heteroatoms. The zero-order chi connectivity index (χ0) is 12.8. The summed E-state index contributed by atoms with van der Waals surface area (Å²) >= 11 is 0. The van der Waals surface area contributed by atoms with E-state index >= 15 is 0 Å². The first-order valence-corrected chi connectivity index (χ1v) is 5.75. The summed E-state index contributed by atoms with van der Waals surface area (Å²) in [4.78, 5) is 8.15. The molecule has 1 rings (SSSR count). The van der Waals surface area contributed by atoms with Crippen LogP contribution in [0, 0.1) is 5.92 Å². The van der Waals surface area contributed by atoms with Crippen molar-refractivity contribution in [3.8, 4) is 11.8 Å². The number of methoxy groups -OCH3 is 2. The summed E-state index contributed by atoms with van der Waals surface area (Å²) in [5.41, 5.74) is 0.852. The van der Waals surface area contributed by atoms with E-state index in [9.17, 15) is 0 Å². The predicted molar refractivity (Wildman–Crippen MR) is 66.3 cm³/mol. The lowest BCUT2D eigenvalue weighted by atomic mass is 10.1. The van der Waals surface area contributed by atoms with Crippen molar-refractivity contribution in [2.24, 2.45) is 5.92 Å². The van der Waals surface area contributed by atoms with Gasteiger partial charge in [-0.25, -0.2) is 9.97 Å². The lowest BCUT2D eigenvalue weighted by Gasteiger charge is -2.18. The van der Waals surface area contributed by atoms with Crippen LogP contribution in [-0.2, 0) is 6.54 Å². The molecule has 0 aromatic carbocycles. The van der Waals surface area contributed by atoms with Crippen molar-refractivity contribution >= 4 is 0 Å². The second-order valence-electron chi connectivity index (χ2n) is 4.28. The summed E-state index contributed by atoms with van der Waals surface area (Å²) in [6, 6.07) is 0.407. The molecule has 0 aliphatic rings. The summed E-state index contributed by atoms with van der Waals surface area (Å²) in [5, 5.41) is 3.41. The van der Waals surface area contributed by atoms with E-state index in [1.807, 2.05) is 0 Å². The summed E-state index contributed by atoms with van der Waals surface area (Å²) in [7, 11) is 3.19. The Kier molecular flexibility index (Phi) is 5.15. The second-order valence-corrected chi connectivity index (χ2v) is 4.28. The van der Waals surface area contributed by atoms with Crippen molar-refractivity contribution in [3.05, 3.63) is 11.9 Å². The maximum absolute atomic E-state index is 5.21. The van der Waals surface area contributed by atoms with Crippen LogP contribution in [0.2, 0.25) is 0 Å². The third-order valence-corrected chi connectivity index (χ3v) is 2.85. The van der Waals surface area contributed by atoms with E-state index in [2.05, 4.69) is 36.1 Å². The average molecular weight is 239 g/mol. The monoisotopic (exact) mass is 239 g/mol. The van der Waals surface area contributed by atoms with Crippen LogP contribution in [0.15, 0.2) is 6.33 Å². The molecular formula is C12H21N3O2. The van der Waals surface area contributed by atoms with Crippen molar-refractivity contribution in [2.75, 3.05) is 14.2 Å². The Morgan fingerprint density at radius 3 is 2.06 bits per heavy atom. The van der Waals surface area contributed by atoms with Gasteiger partial charge in [0.2, 0.25) is 11.8 Å². The molecule has 0 spiro atoms. The van der Waals surface area contributed by atoms with E-state index in [0.29, 0.717) is 30.3 Å². The fourth-order valence-electron chi connectivity index (χ4n) is 1.38. The highest BCUT2D eigenvalue weighted by Gasteiger charge is 2.14. The molecule has 0 bridgehead atoms. The highest BCUT2D eigenvalue weighted by atomic mass is 16.5. The van der Waals surface area contributed by atoms with Gasteiger partial charge in [-0.15, -0.1) is 0 Å². The van der Waals surface area contributed by atoms with Gasteiger partial charge >= 0.3 is 0 Å². The summed E-state index contributed by atoms with van der Waals surface area (Å²) in [5.74, 6) is 1.68. The van der Waals surface area contributed by atoms with E-state index in [1.165, 1.54) is 6.33 Å². The van der Waals surface area contributed by atoms with Crippen LogP contribution >= 0.6 is 0 Å². The van der Waals surface area contributed by atoms with E-state index in [4.69, 9.17) is 9.47 Å². The Bertz CT molecular complexity index is 333. The van der Waals surface area contributed by atoms with Gasteiger partial charge in [0.1, 0.15) is 6.33 Å². The normalized spacial score (nSPS) is 12.6.